The van der Waals surface area contributed by atoms with Crippen molar-refractivity contribution in [1.29, 1.82) is 0 Å². The molecule has 290 valence electrons. The van der Waals surface area contributed by atoms with Gasteiger partial charge in [0.1, 0.15) is 0 Å². The van der Waals surface area contributed by atoms with Crippen molar-refractivity contribution >= 4 is 5.57 Å². The van der Waals surface area contributed by atoms with E-state index in [-0.39, 0.29) is 21.8 Å². The van der Waals surface area contributed by atoms with Gasteiger partial charge in [-0.1, -0.05) is 155 Å². The molecule has 1 fully saturated rings. The van der Waals surface area contributed by atoms with Crippen LogP contribution in [0.2, 0.25) is 0 Å². The highest BCUT2D eigenvalue weighted by atomic mass is 15.1. The normalized spacial score (nSPS) is 19.9. The third kappa shape index (κ3) is 5.69. The SMILES string of the molecule is C/C=C\C1=C(C)C(C)(C)c2cc3c(cc21)C1(C)CC1(C)[n+]1cc(-c2cccc(-c4cccc(-c5cccc(-c6ccc(C(C)(C)c7ccccc7)cc6)c5)c4)c2)ccc1-3. The zero-order valence-electron chi connectivity index (χ0n) is 35.8. The molecular weight excluding hydrogens is 711 g/mol. The Kier molecular flexibility index (Phi) is 8.35. The Balaban J connectivity index is 0.954. The molecule has 1 saturated carbocycles. The molecule has 1 aliphatic heterocycles. The van der Waals surface area contributed by atoms with Crippen molar-refractivity contribution in [3.8, 4) is 55.8 Å². The monoisotopic (exact) mass is 764 g/mol. The highest BCUT2D eigenvalue weighted by Gasteiger charge is 2.73. The summed E-state index contributed by atoms with van der Waals surface area (Å²) in [5.41, 5.74) is 22.5. The van der Waals surface area contributed by atoms with Gasteiger partial charge in [-0.25, -0.2) is 0 Å². The maximum Gasteiger partial charge on any atom is 0.213 e. The summed E-state index contributed by atoms with van der Waals surface area (Å²) in [6, 6.07) is 56.8. The molecule has 0 radical (unpaired) electrons. The Morgan fingerprint density at radius 2 is 1.03 bits per heavy atom. The second-order valence-corrected chi connectivity index (χ2v) is 18.9. The lowest BCUT2D eigenvalue weighted by Crippen LogP contribution is -2.52. The first-order valence-corrected chi connectivity index (χ1v) is 21.4. The van der Waals surface area contributed by atoms with Crippen molar-refractivity contribution in [3.63, 3.8) is 0 Å². The molecule has 0 amide bonds. The van der Waals surface area contributed by atoms with Crippen LogP contribution in [0.4, 0.5) is 0 Å². The van der Waals surface area contributed by atoms with Crippen molar-refractivity contribution in [1.82, 2.24) is 0 Å². The summed E-state index contributed by atoms with van der Waals surface area (Å²) < 4.78 is 2.62. The van der Waals surface area contributed by atoms with E-state index in [0.717, 1.165) is 6.42 Å². The highest BCUT2D eigenvalue weighted by molar-refractivity contribution is 5.89. The van der Waals surface area contributed by atoms with Crippen molar-refractivity contribution in [3.05, 3.63) is 203 Å². The van der Waals surface area contributed by atoms with Crippen molar-refractivity contribution in [2.45, 2.75) is 83.6 Å². The van der Waals surface area contributed by atoms with Gasteiger partial charge in [0.05, 0.1) is 11.0 Å². The van der Waals surface area contributed by atoms with Gasteiger partial charge in [-0.3, -0.25) is 0 Å². The van der Waals surface area contributed by atoms with Gasteiger partial charge in [0.15, 0.2) is 11.7 Å². The minimum atomic E-state index is -0.0623. The smallest absolute Gasteiger partial charge is 0.192 e. The van der Waals surface area contributed by atoms with E-state index in [0.29, 0.717) is 0 Å². The van der Waals surface area contributed by atoms with Crippen LogP contribution in [0.15, 0.2) is 176 Å². The number of allylic oxidation sites excluding steroid dienone is 4. The molecule has 7 aromatic rings. The number of hydrogen-bond acceptors (Lipinski definition) is 0. The number of benzene rings is 6. The molecule has 2 heterocycles. The third-order valence-electron chi connectivity index (χ3n) is 14.9. The maximum atomic E-state index is 2.62. The Morgan fingerprint density at radius 3 is 1.61 bits per heavy atom. The van der Waals surface area contributed by atoms with Crippen LogP contribution in [0.1, 0.15) is 89.6 Å². The molecular formula is C58H54N+. The number of pyridine rings is 1. The molecule has 0 saturated heterocycles. The Morgan fingerprint density at radius 1 is 0.525 bits per heavy atom. The summed E-state index contributed by atoms with van der Waals surface area (Å²) in [7, 11) is 0. The fourth-order valence-electron chi connectivity index (χ4n) is 10.5. The molecule has 1 aromatic heterocycles. The molecule has 59 heavy (non-hydrogen) atoms. The number of aromatic nitrogens is 1. The summed E-state index contributed by atoms with van der Waals surface area (Å²) >= 11 is 0. The molecule has 0 N–H and O–H groups in total. The first-order valence-electron chi connectivity index (χ1n) is 21.4. The zero-order chi connectivity index (χ0) is 40.9. The van der Waals surface area contributed by atoms with E-state index in [4.69, 9.17) is 0 Å². The van der Waals surface area contributed by atoms with Gasteiger partial charge in [-0.2, -0.15) is 4.57 Å². The van der Waals surface area contributed by atoms with Gasteiger partial charge >= 0.3 is 0 Å². The van der Waals surface area contributed by atoms with Crippen LogP contribution in [0, 0.1) is 0 Å². The van der Waals surface area contributed by atoms with Crippen LogP contribution in [0.5, 0.6) is 0 Å². The van der Waals surface area contributed by atoms with Gasteiger partial charge in [0, 0.05) is 35.8 Å². The summed E-state index contributed by atoms with van der Waals surface area (Å²) in [6.07, 6.45) is 8.09. The van der Waals surface area contributed by atoms with Crippen LogP contribution in [0.3, 0.4) is 0 Å². The van der Waals surface area contributed by atoms with Crippen LogP contribution >= 0.6 is 0 Å². The quantitative estimate of drug-likeness (QED) is 0.142. The number of nitrogens with zero attached hydrogens (tertiary/aromatic N) is 1. The van der Waals surface area contributed by atoms with Crippen molar-refractivity contribution in [2.24, 2.45) is 0 Å². The first-order chi connectivity index (χ1) is 28.3. The van der Waals surface area contributed by atoms with Crippen LogP contribution in [-0.4, -0.2) is 0 Å². The molecule has 1 heteroatoms. The van der Waals surface area contributed by atoms with E-state index in [2.05, 4.69) is 230 Å². The van der Waals surface area contributed by atoms with E-state index in [1.54, 1.807) is 0 Å². The fraction of sp³-hybridized carbons (Fsp3) is 0.224. The highest BCUT2D eigenvalue weighted by Crippen LogP contribution is 2.65. The summed E-state index contributed by atoms with van der Waals surface area (Å²) in [4.78, 5) is 0. The van der Waals surface area contributed by atoms with E-state index in [9.17, 15) is 0 Å². The van der Waals surface area contributed by atoms with Crippen molar-refractivity contribution < 1.29 is 4.57 Å². The number of rotatable bonds is 7. The fourth-order valence-corrected chi connectivity index (χ4v) is 10.5. The molecule has 0 spiro atoms. The molecule has 6 aromatic carbocycles. The van der Waals surface area contributed by atoms with Crippen LogP contribution in [-0.2, 0) is 21.8 Å². The lowest BCUT2D eigenvalue weighted by molar-refractivity contribution is -0.730. The van der Waals surface area contributed by atoms with E-state index >= 15 is 0 Å². The molecule has 10 rings (SSSR count). The van der Waals surface area contributed by atoms with E-state index in [1.807, 2.05) is 0 Å². The molecule has 1 nitrogen and oxygen atoms in total. The maximum absolute atomic E-state index is 2.62. The predicted octanol–water partition coefficient (Wildman–Crippen LogP) is 14.7. The lowest BCUT2D eigenvalue weighted by atomic mass is 9.77. The summed E-state index contributed by atoms with van der Waals surface area (Å²) in [6.45, 7) is 18.8. The number of fused-ring (bicyclic) bond motifs is 7. The largest absolute Gasteiger partial charge is 0.213 e. The van der Waals surface area contributed by atoms with Gasteiger partial charge < -0.3 is 0 Å². The Labute approximate surface area is 351 Å². The molecule has 3 aliphatic rings. The molecule has 2 unspecified atom stereocenters. The van der Waals surface area contributed by atoms with Crippen molar-refractivity contribution in [2.75, 3.05) is 0 Å². The van der Waals surface area contributed by atoms with Crippen LogP contribution in [0.25, 0.3) is 61.3 Å². The minimum absolute atomic E-state index is 0.00255. The second-order valence-electron chi connectivity index (χ2n) is 18.9. The van der Waals surface area contributed by atoms with Crippen LogP contribution < -0.4 is 4.57 Å². The first kappa shape index (κ1) is 37.2. The summed E-state index contributed by atoms with van der Waals surface area (Å²) in [5, 5.41) is 0. The molecule has 0 bridgehead atoms. The van der Waals surface area contributed by atoms with E-state index in [1.165, 1.54) is 94.7 Å². The predicted molar refractivity (Wildman–Crippen MR) is 248 cm³/mol. The molecule has 2 atom stereocenters. The molecule has 2 aliphatic carbocycles. The average Bonchev–Trinajstić information content (AvgIpc) is 3.82. The van der Waals surface area contributed by atoms with Gasteiger partial charge in [-0.05, 0) is 130 Å². The Hall–Kier alpha value is -6.05. The van der Waals surface area contributed by atoms with Gasteiger partial charge in [0.25, 0.3) is 0 Å². The van der Waals surface area contributed by atoms with E-state index < -0.39 is 0 Å². The average molecular weight is 765 g/mol. The third-order valence-corrected chi connectivity index (χ3v) is 14.9. The van der Waals surface area contributed by atoms with Gasteiger partial charge in [-0.15, -0.1) is 0 Å². The van der Waals surface area contributed by atoms with Gasteiger partial charge in [0.2, 0.25) is 5.69 Å². The lowest BCUT2D eigenvalue weighted by Gasteiger charge is -2.29. The zero-order valence-corrected chi connectivity index (χ0v) is 35.8. The summed E-state index contributed by atoms with van der Waals surface area (Å²) in [5.74, 6) is 0. The number of hydrogen-bond donors (Lipinski definition) is 0. The Bertz CT molecular complexity index is 2880. The topological polar surface area (TPSA) is 3.88 Å². The second kappa shape index (κ2) is 13.2. The standard InChI is InChI=1S/C58H54N/c1-9-16-49-38(2)55(3,4)52-35-51-53(34-50(49)52)57(7)37-58(57,8)59-36-46(27-30-54(51)59)45-22-15-21-44(33-45)43-20-14-19-42(32-43)41-18-13-17-40(31-41)39-25-28-48(29-26-39)56(5,6)47-23-11-10-12-24-47/h9-36H,37H2,1-8H3/q+1/b16-9-. The minimum Gasteiger partial charge on any atom is -0.192 e.